The molecular formula is C19H21ClN2O. The summed E-state index contributed by atoms with van der Waals surface area (Å²) < 4.78 is 0. The van der Waals surface area contributed by atoms with Crippen LogP contribution in [0.2, 0.25) is 5.02 Å². The van der Waals surface area contributed by atoms with E-state index in [1.54, 1.807) is 0 Å². The molecule has 1 amide bonds. The molecule has 0 bridgehead atoms. The zero-order chi connectivity index (χ0) is 16.2. The van der Waals surface area contributed by atoms with Gasteiger partial charge in [0.2, 0.25) is 5.91 Å². The van der Waals surface area contributed by atoms with Gasteiger partial charge in [-0.1, -0.05) is 35.9 Å². The fourth-order valence-corrected chi connectivity index (χ4v) is 3.05. The fourth-order valence-electron chi connectivity index (χ4n) is 2.93. The molecule has 0 saturated carbocycles. The molecule has 1 heterocycles. The Bertz CT molecular complexity index is 676. The van der Waals surface area contributed by atoms with E-state index in [9.17, 15) is 4.79 Å². The fraction of sp³-hybridized carbons (Fsp3) is 0.316. The van der Waals surface area contributed by atoms with Crippen LogP contribution < -0.4 is 4.90 Å². The lowest BCUT2D eigenvalue weighted by Crippen LogP contribution is -2.49. The number of amides is 1. The first kappa shape index (κ1) is 15.9. The minimum Gasteiger partial charge on any atom is -0.368 e. The number of anilines is 1. The predicted octanol–water partition coefficient (Wildman–Crippen LogP) is 3.54. The van der Waals surface area contributed by atoms with Gasteiger partial charge < -0.3 is 9.80 Å². The molecule has 2 aromatic carbocycles. The van der Waals surface area contributed by atoms with E-state index in [4.69, 9.17) is 11.6 Å². The Kier molecular flexibility index (Phi) is 4.87. The van der Waals surface area contributed by atoms with Crippen molar-refractivity contribution >= 4 is 23.2 Å². The van der Waals surface area contributed by atoms with Crippen LogP contribution in [0.15, 0.2) is 48.5 Å². The maximum absolute atomic E-state index is 12.4. The molecule has 1 saturated heterocycles. The third kappa shape index (κ3) is 4.05. The van der Waals surface area contributed by atoms with Gasteiger partial charge >= 0.3 is 0 Å². The molecule has 1 aliphatic heterocycles. The molecule has 120 valence electrons. The SMILES string of the molecule is Cc1cccc(N2CCN(C(=O)Cc3ccc(Cl)cc3)CC2)c1. The molecule has 0 N–H and O–H groups in total. The van der Waals surface area contributed by atoms with E-state index in [0.29, 0.717) is 11.4 Å². The number of aryl methyl sites for hydroxylation is 1. The molecule has 23 heavy (non-hydrogen) atoms. The average Bonchev–Trinajstić information content (AvgIpc) is 2.57. The monoisotopic (exact) mass is 328 g/mol. The number of rotatable bonds is 3. The average molecular weight is 329 g/mol. The van der Waals surface area contributed by atoms with Crippen LogP contribution in [0, 0.1) is 6.92 Å². The maximum Gasteiger partial charge on any atom is 0.227 e. The van der Waals surface area contributed by atoms with E-state index in [2.05, 4.69) is 36.1 Å². The Hall–Kier alpha value is -2.00. The van der Waals surface area contributed by atoms with Gasteiger partial charge in [0.15, 0.2) is 0 Å². The van der Waals surface area contributed by atoms with Crippen molar-refractivity contribution in [3.05, 3.63) is 64.7 Å². The second-order valence-corrected chi connectivity index (χ2v) is 6.45. The first-order valence-corrected chi connectivity index (χ1v) is 8.33. The third-order valence-electron chi connectivity index (χ3n) is 4.27. The van der Waals surface area contributed by atoms with Gasteiger partial charge in [-0.15, -0.1) is 0 Å². The molecule has 3 nitrogen and oxygen atoms in total. The van der Waals surface area contributed by atoms with Gasteiger partial charge in [0, 0.05) is 36.9 Å². The third-order valence-corrected chi connectivity index (χ3v) is 4.52. The summed E-state index contributed by atoms with van der Waals surface area (Å²) >= 11 is 5.88. The standard InChI is InChI=1S/C19H21ClN2O/c1-15-3-2-4-18(13-15)21-9-11-22(12-10-21)19(23)14-16-5-7-17(20)8-6-16/h2-8,13H,9-12,14H2,1H3. The second kappa shape index (κ2) is 7.05. The van der Waals surface area contributed by atoms with Crippen molar-refractivity contribution in [1.29, 1.82) is 0 Å². The summed E-state index contributed by atoms with van der Waals surface area (Å²) in [6.45, 7) is 5.43. The van der Waals surface area contributed by atoms with E-state index in [1.807, 2.05) is 29.2 Å². The highest BCUT2D eigenvalue weighted by atomic mass is 35.5. The van der Waals surface area contributed by atoms with Gasteiger partial charge in [0.1, 0.15) is 0 Å². The van der Waals surface area contributed by atoms with Crippen LogP contribution in [0.4, 0.5) is 5.69 Å². The Morgan fingerprint density at radius 1 is 1.04 bits per heavy atom. The number of hydrogen-bond donors (Lipinski definition) is 0. The highest BCUT2D eigenvalue weighted by molar-refractivity contribution is 6.30. The molecule has 0 radical (unpaired) electrons. The lowest BCUT2D eigenvalue weighted by molar-refractivity contribution is -0.130. The van der Waals surface area contributed by atoms with Gasteiger partial charge in [-0.2, -0.15) is 0 Å². The molecule has 2 aromatic rings. The lowest BCUT2D eigenvalue weighted by Gasteiger charge is -2.36. The summed E-state index contributed by atoms with van der Waals surface area (Å²) in [4.78, 5) is 16.7. The van der Waals surface area contributed by atoms with Gasteiger partial charge in [-0.25, -0.2) is 0 Å². The molecule has 0 spiro atoms. The largest absolute Gasteiger partial charge is 0.368 e. The molecule has 1 fully saturated rings. The van der Waals surface area contributed by atoms with Crippen molar-refractivity contribution in [2.45, 2.75) is 13.3 Å². The highest BCUT2D eigenvalue weighted by Gasteiger charge is 2.21. The Morgan fingerprint density at radius 3 is 2.39 bits per heavy atom. The smallest absolute Gasteiger partial charge is 0.227 e. The van der Waals surface area contributed by atoms with E-state index in [0.717, 1.165) is 31.7 Å². The van der Waals surface area contributed by atoms with Crippen molar-refractivity contribution < 1.29 is 4.79 Å². The molecule has 0 aliphatic carbocycles. The summed E-state index contributed by atoms with van der Waals surface area (Å²) in [6.07, 6.45) is 0.446. The normalized spacial score (nSPS) is 14.9. The topological polar surface area (TPSA) is 23.6 Å². The van der Waals surface area contributed by atoms with E-state index in [-0.39, 0.29) is 5.91 Å². The van der Waals surface area contributed by atoms with Crippen LogP contribution in [0.5, 0.6) is 0 Å². The van der Waals surface area contributed by atoms with Crippen LogP contribution >= 0.6 is 11.6 Å². The Labute approximate surface area is 142 Å². The summed E-state index contributed by atoms with van der Waals surface area (Å²) in [6, 6.07) is 16.0. The van der Waals surface area contributed by atoms with Gasteiger partial charge in [-0.3, -0.25) is 4.79 Å². The zero-order valence-electron chi connectivity index (χ0n) is 13.3. The number of piperazine rings is 1. The number of benzene rings is 2. The van der Waals surface area contributed by atoms with Crippen molar-refractivity contribution in [2.75, 3.05) is 31.1 Å². The van der Waals surface area contributed by atoms with E-state index < -0.39 is 0 Å². The van der Waals surface area contributed by atoms with Gasteiger partial charge in [0.25, 0.3) is 0 Å². The molecule has 4 heteroatoms. The molecule has 3 rings (SSSR count). The Balaban J connectivity index is 1.56. The minimum absolute atomic E-state index is 0.191. The van der Waals surface area contributed by atoms with Crippen LogP contribution in [0.3, 0.4) is 0 Å². The van der Waals surface area contributed by atoms with Crippen molar-refractivity contribution in [2.24, 2.45) is 0 Å². The summed E-state index contributed by atoms with van der Waals surface area (Å²) in [5.41, 5.74) is 3.53. The molecule has 0 atom stereocenters. The van der Waals surface area contributed by atoms with Crippen molar-refractivity contribution in [3.63, 3.8) is 0 Å². The van der Waals surface area contributed by atoms with Crippen LogP contribution in [-0.4, -0.2) is 37.0 Å². The number of nitrogens with zero attached hydrogens (tertiary/aromatic N) is 2. The zero-order valence-corrected chi connectivity index (χ0v) is 14.1. The second-order valence-electron chi connectivity index (χ2n) is 6.01. The first-order valence-electron chi connectivity index (χ1n) is 7.96. The maximum atomic E-state index is 12.4. The van der Waals surface area contributed by atoms with Crippen LogP contribution in [0.25, 0.3) is 0 Å². The highest BCUT2D eigenvalue weighted by Crippen LogP contribution is 2.18. The van der Waals surface area contributed by atoms with Gasteiger partial charge in [-0.05, 0) is 42.3 Å². The Morgan fingerprint density at radius 2 is 1.74 bits per heavy atom. The lowest BCUT2D eigenvalue weighted by atomic mass is 10.1. The van der Waals surface area contributed by atoms with Crippen molar-refractivity contribution in [1.82, 2.24) is 4.90 Å². The van der Waals surface area contributed by atoms with Crippen LogP contribution in [-0.2, 0) is 11.2 Å². The predicted molar refractivity (Wildman–Crippen MR) is 95.1 cm³/mol. The molecule has 1 aliphatic rings. The summed E-state index contributed by atoms with van der Waals surface area (Å²) in [7, 11) is 0. The first-order chi connectivity index (χ1) is 11.1. The van der Waals surface area contributed by atoms with E-state index >= 15 is 0 Å². The van der Waals surface area contributed by atoms with E-state index in [1.165, 1.54) is 11.3 Å². The molecule has 0 unspecified atom stereocenters. The number of hydrogen-bond acceptors (Lipinski definition) is 2. The summed E-state index contributed by atoms with van der Waals surface area (Å²) in [5, 5.41) is 0.702. The van der Waals surface area contributed by atoms with Crippen LogP contribution in [0.1, 0.15) is 11.1 Å². The summed E-state index contributed by atoms with van der Waals surface area (Å²) in [5.74, 6) is 0.191. The van der Waals surface area contributed by atoms with Gasteiger partial charge in [0.05, 0.1) is 6.42 Å². The minimum atomic E-state index is 0.191. The number of carbonyl (C=O) groups excluding carboxylic acids is 1. The number of carbonyl (C=O) groups is 1. The van der Waals surface area contributed by atoms with Crippen molar-refractivity contribution in [3.8, 4) is 0 Å². The number of halogens is 1. The quantitative estimate of drug-likeness (QED) is 0.860. The molecule has 0 aromatic heterocycles. The molecular weight excluding hydrogens is 308 g/mol.